The number of carbonyl (C=O) groups excluding carboxylic acids is 2. The van der Waals surface area contributed by atoms with E-state index in [1.807, 2.05) is 33.2 Å². The molecule has 1 unspecified atom stereocenters. The molecular weight excluding hydrogens is 466 g/mol. The number of aryl methyl sites for hydroxylation is 2. The summed E-state index contributed by atoms with van der Waals surface area (Å²) in [6.07, 6.45) is 5.06. The van der Waals surface area contributed by atoms with Gasteiger partial charge in [0.1, 0.15) is 5.69 Å². The highest BCUT2D eigenvalue weighted by Gasteiger charge is 2.38. The van der Waals surface area contributed by atoms with Crippen molar-refractivity contribution in [1.29, 1.82) is 0 Å². The molecule has 194 valence electrons. The summed E-state index contributed by atoms with van der Waals surface area (Å²) in [7, 11) is 4.70. The van der Waals surface area contributed by atoms with Gasteiger partial charge >= 0.3 is 12.0 Å². The Morgan fingerprint density at radius 2 is 2.08 bits per heavy atom. The van der Waals surface area contributed by atoms with E-state index >= 15 is 0 Å². The molecule has 1 fully saturated rings. The van der Waals surface area contributed by atoms with Gasteiger partial charge in [0.15, 0.2) is 0 Å². The van der Waals surface area contributed by atoms with Crippen LogP contribution in [-0.4, -0.2) is 71.3 Å². The standard InChI is InChI=1S/C25H33N5O6/c1-7-18-11-17(9-10-35-18)30(25(32)34-8-2)21-20-12-19(16-13-26-28(4)14-16)15(3)27-23(20)36-22(21)24(31)29(5)33-6/h12-14,17-18H,7-11H2,1-6H3/t17?,18-/m0/s1. The zero-order chi connectivity index (χ0) is 26.0. The highest BCUT2D eigenvalue weighted by molar-refractivity contribution is 6.10. The monoisotopic (exact) mass is 499 g/mol. The van der Waals surface area contributed by atoms with Crippen LogP contribution in [0.4, 0.5) is 10.5 Å². The average molecular weight is 500 g/mol. The Balaban J connectivity index is 1.97. The fraction of sp³-hybridized carbons (Fsp3) is 0.520. The number of hydrogen-bond acceptors (Lipinski definition) is 8. The van der Waals surface area contributed by atoms with Crippen LogP contribution in [0.2, 0.25) is 0 Å². The Kier molecular flexibility index (Phi) is 7.60. The van der Waals surface area contributed by atoms with Gasteiger partial charge in [0, 0.05) is 49.8 Å². The first kappa shape index (κ1) is 25.6. The molecule has 0 spiro atoms. The highest BCUT2D eigenvalue weighted by atomic mass is 16.7. The van der Waals surface area contributed by atoms with Crippen molar-refractivity contribution in [2.45, 2.75) is 52.2 Å². The van der Waals surface area contributed by atoms with Crippen molar-refractivity contribution in [2.75, 3.05) is 32.3 Å². The van der Waals surface area contributed by atoms with Gasteiger partial charge in [0.2, 0.25) is 11.5 Å². The number of nitrogens with zero attached hydrogens (tertiary/aromatic N) is 5. The maximum Gasteiger partial charge on any atom is 0.414 e. The number of fused-ring (bicyclic) bond motifs is 1. The summed E-state index contributed by atoms with van der Waals surface area (Å²) in [5.41, 5.74) is 2.94. The quantitative estimate of drug-likeness (QED) is 0.447. The molecule has 2 amide bonds. The first-order chi connectivity index (χ1) is 17.3. The third-order valence-corrected chi connectivity index (χ3v) is 6.48. The predicted octanol–water partition coefficient (Wildman–Crippen LogP) is 4.09. The molecule has 0 radical (unpaired) electrons. The van der Waals surface area contributed by atoms with E-state index in [2.05, 4.69) is 10.1 Å². The van der Waals surface area contributed by atoms with Crippen molar-refractivity contribution in [2.24, 2.45) is 7.05 Å². The smallest absolute Gasteiger partial charge is 0.414 e. The van der Waals surface area contributed by atoms with Gasteiger partial charge < -0.3 is 13.9 Å². The lowest BCUT2D eigenvalue weighted by Gasteiger charge is -2.36. The molecule has 1 saturated heterocycles. The maximum absolute atomic E-state index is 13.5. The Labute approximate surface area is 209 Å². The zero-order valence-electron chi connectivity index (χ0n) is 21.6. The van der Waals surface area contributed by atoms with E-state index in [0.29, 0.717) is 36.2 Å². The number of hydrogen-bond donors (Lipinski definition) is 0. The summed E-state index contributed by atoms with van der Waals surface area (Å²) in [4.78, 5) is 38.2. The minimum Gasteiger partial charge on any atom is -0.449 e. The number of pyridine rings is 1. The van der Waals surface area contributed by atoms with Crippen LogP contribution in [0.5, 0.6) is 0 Å². The van der Waals surface area contributed by atoms with Crippen molar-refractivity contribution in [3.8, 4) is 11.1 Å². The lowest BCUT2D eigenvalue weighted by atomic mass is 9.98. The van der Waals surface area contributed by atoms with Gasteiger partial charge in [-0.3, -0.25) is 19.2 Å². The molecule has 3 aromatic rings. The molecule has 36 heavy (non-hydrogen) atoms. The second-order valence-electron chi connectivity index (χ2n) is 8.79. The molecular formula is C25H33N5O6. The predicted molar refractivity (Wildman–Crippen MR) is 133 cm³/mol. The Morgan fingerprint density at radius 3 is 2.72 bits per heavy atom. The fourth-order valence-electron chi connectivity index (χ4n) is 4.56. The normalized spacial score (nSPS) is 17.8. The summed E-state index contributed by atoms with van der Waals surface area (Å²) in [5, 5.41) is 5.85. The number of anilines is 1. The Morgan fingerprint density at radius 1 is 1.31 bits per heavy atom. The molecule has 0 aromatic carbocycles. The minimum absolute atomic E-state index is 0.00837. The van der Waals surface area contributed by atoms with E-state index in [1.165, 1.54) is 14.2 Å². The van der Waals surface area contributed by atoms with Crippen LogP contribution < -0.4 is 4.90 Å². The van der Waals surface area contributed by atoms with Gasteiger partial charge in [-0.2, -0.15) is 5.10 Å². The van der Waals surface area contributed by atoms with Gasteiger partial charge in [0.05, 0.1) is 31.4 Å². The summed E-state index contributed by atoms with van der Waals surface area (Å²) in [6.45, 7) is 6.34. The molecule has 0 N–H and O–H groups in total. The number of furan rings is 1. The summed E-state index contributed by atoms with van der Waals surface area (Å²) < 4.78 is 19.1. The largest absolute Gasteiger partial charge is 0.449 e. The van der Waals surface area contributed by atoms with E-state index in [0.717, 1.165) is 22.6 Å². The van der Waals surface area contributed by atoms with Crippen molar-refractivity contribution >= 4 is 28.8 Å². The van der Waals surface area contributed by atoms with Crippen LogP contribution in [0.1, 0.15) is 49.4 Å². The lowest BCUT2D eigenvalue weighted by Crippen LogP contribution is -2.46. The zero-order valence-corrected chi connectivity index (χ0v) is 21.6. The summed E-state index contributed by atoms with van der Waals surface area (Å²) >= 11 is 0. The molecule has 4 rings (SSSR count). The highest BCUT2D eigenvalue weighted by Crippen LogP contribution is 2.40. The number of aromatic nitrogens is 3. The minimum atomic E-state index is -0.556. The third-order valence-electron chi connectivity index (χ3n) is 6.48. The molecule has 4 heterocycles. The summed E-state index contributed by atoms with van der Waals surface area (Å²) in [5.74, 6) is -0.586. The molecule has 0 aliphatic carbocycles. The maximum atomic E-state index is 13.5. The second kappa shape index (κ2) is 10.7. The molecule has 2 atom stereocenters. The molecule has 1 aliphatic rings. The molecule has 3 aromatic heterocycles. The van der Waals surface area contributed by atoms with Crippen LogP contribution in [0.3, 0.4) is 0 Å². The van der Waals surface area contributed by atoms with Crippen LogP contribution >= 0.6 is 0 Å². The van der Waals surface area contributed by atoms with Gasteiger partial charge in [-0.15, -0.1) is 0 Å². The number of carbonyl (C=O) groups is 2. The third kappa shape index (κ3) is 4.80. The second-order valence-corrected chi connectivity index (χ2v) is 8.79. The van der Waals surface area contributed by atoms with Gasteiger partial charge in [-0.25, -0.2) is 14.8 Å². The van der Waals surface area contributed by atoms with Crippen LogP contribution in [0, 0.1) is 6.92 Å². The van der Waals surface area contributed by atoms with Gasteiger partial charge in [-0.1, -0.05) is 6.92 Å². The number of ether oxygens (including phenoxy) is 2. The first-order valence-electron chi connectivity index (χ1n) is 12.1. The van der Waals surface area contributed by atoms with E-state index in [9.17, 15) is 9.59 Å². The topological polar surface area (TPSA) is 112 Å². The fourth-order valence-corrected chi connectivity index (χ4v) is 4.56. The Bertz CT molecular complexity index is 1250. The molecule has 0 bridgehead atoms. The van der Waals surface area contributed by atoms with E-state index in [-0.39, 0.29) is 30.2 Å². The van der Waals surface area contributed by atoms with E-state index < -0.39 is 12.0 Å². The number of rotatable bonds is 7. The van der Waals surface area contributed by atoms with Crippen molar-refractivity contribution in [1.82, 2.24) is 19.8 Å². The summed E-state index contributed by atoms with van der Waals surface area (Å²) in [6, 6.07) is 1.63. The van der Waals surface area contributed by atoms with Crippen LogP contribution in [0.25, 0.3) is 22.2 Å². The number of amides is 2. The van der Waals surface area contributed by atoms with Gasteiger partial charge in [-0.05, 0) is 39.2 Å². The van der Waals surface area contributed by atoms with Crippen LogP contribution in [-0.2, 0) is 21.4 Å². The lowest BCUT2D eigenvalue weighted by molar-refractivity contribution is -0.0772. The molecule has 0 saturated carbocycles. The molecule has 11 nitrogen and oxygen atoms in total. The van der Waals surface area contributed by atoms with Crippen molar-refractivity contribution in [3.05, 3.63) is 29.9 Å². The average Bonchev–Trinajstić information content (AvgIpc) is 3.46. The van der Waals surface area contributed by atoms with Gasteiger partial charge in [0.25, 0.3) is 0 Å². The van der Waals surface area contributed by atoms with Crippen molar-refractivity contribution < 1.29 is 28.3 Å². The number of hydroxylamine groups is 2. The first-order valence-corrected chi connectivity index (χ1v) is 12.1. The SMILES string of the molecule is CCOC(=O)N(c1c(C(=O)N(C)OC)oc2nc(C)c(-c3cnn(C)c3)cc12)C1CCO[C@@H](CC)C1. The van der Waals surface area contributed by atoms with E-state index in [4.69, 9.17) is 18.7 Å². The molecule has 11 heteroatoms. The Hall–Kier alpha value is -3.44. The van der Waals surface area contributed by atoms with Crippen LogP contribution in [0.15, 0.2) is 22.9 Å². The molecule has 1 aliphatic heterocycles. The van der Waals surface area contributed by atoms with E-state index in [1.54, 1.807) is 22.7 Å². The van der Waals surface area contributed by atoms with Crippen molar-refractivity contribution in [3.63, 3.8) is 0 Å².